The van der Waals surface area contributed by atoms with Crippen LogP contribution in [0.3, 0.4) is 0 Å². The summed E-state index contributed by atoms with van der Waals surface area (Å²) in [5.41, 5.74) is 2.51. The Hall–Kier alpha value is -3.38. The molecule has 0 atom stereocenters. The normalized spacial score (nSPS) is 10.2. The van der Waals surface area contributed by atoms with Gasteiger partial charge in [0.2, 0.25) is 0 Å². The van der Waals surface area contributed by atoms with Gasteiger partial charge in [-0.2, -0.15) is 0 Å². The Morgan fingerprint density at radius 2 is 1.61 bits per heavy atom. The molecule has 1 aromatic heterocycles. The predicted molar refractivity (Wildman–Crippen MR) is 109 cm³/mol. The lowest BCUT2D eigenvalue weighted by Gasteiger charge is -2.10. The molecule has 2 amide bonds. The van der Waals surface area contributed by atoms with Crippen LogP contribution in [0.25, 0.3) is 0 Å². The number of amides is 2. The lowest BCUT2D eigenvalue weighted by molar-refractivity contribution is 0.102. The van der Waals surface area contributed by atoms with Gasteiger partial charge in [0.25, 0.3) is 11.8 Å². The van der Waals surface area contributed by atoms with Crippen molar-refractivity contribution < 1.29 is 14.3 Å². The molecule has 0 aliphatic heterocycles. The maximum Gasteiger partial charge on any atom is 0.257 e. The lowest BCUT2D eigenvalue weighted by atomic mass is 10.1. The molecular formula is C21H18ClN3O3. The van der Waals surface area contributed by atoms with Gasteiger partial charge in [0.05, 0.1) is 18.2 Å². The van der Waals surface area contributed by atoms with Crippen LogP contribution in [0.15, 0.2) is 60.9 Å². The number of hydrogen-bond acceptors (Lipinski definition) is 4. The molecule has 0 saturated carbocycles. The number of carbonyl (C=O) groups is 2. The molecule has 3 rings (SSSR count). The number of ether oxygens (including phenoxy) is 1. The summed E-state index contributed by atoms with van der Waals surface area (Å²) in [6.45, 7) is 1.81. The fourth-order valence-electron chi connectivity index (χ4n) is 2.50. The van der Waals surface area contributed by atoms with Gasteiger partial charge >= 0.3 is 0 Å². The Kier molecular flexibility index (Phi) is 5.91. The van der Waals surface area contributed by atoms with Gasteiger partial charge in [-0.25, -0.2) is 0 Å². The zero-order chi connectivity index (χ0) is 20.1. The Morgan fingerprint density at radius 1 is 0.964 bits per heavy atom. The highest BCUT2D eigenvalue weighted by molar-refractivity contribution is 6.31. The van der Waals surface area contributed by atoms with E-state index in [2.05, 4.69) is 15.6 Å². The fraction of sp³-hybridized carbons (Fsp3) is 0.0952. The molecule has 7 heteroatoms. The van der Waals surface area contributed by atoms with E-state index >= 15 is 0 Å². The molecule has 3 aromatic rings. The van der Waals surface area contributed by atoms with Crippen molar-refractivity contribution in [2.45, 2.75) is 6.92 Å². The van der Waals surface area contributed by atoms with Crippen LogP contribution in [-0.2, 0) is 0 Å². The van der Waals surface area contributed by atoms with Crippen molar-refractivity contribution >= 4 is 34.8 Å². The molecule has 1 heterocycles. The minimum absolute atomic E-state index is 0.266. The third kappa shape index (κ3) is 4.47. The number of halogens is 1. The van der Waals surface area contributed by atoms with Gasteiger partial charge in [0.15, 0.2) is 0 Å². The second kappa shape index (κ2) is 8.54. The maximum atomic E-state index is 12.5. The van der Waals surface area contributed by atoms with Gasteiger partial charge in [-0.1, -0.05) is 17.7 Å². The minimum atomic E-state index is -0.378. The van der Waals surface area contributed by atoms with Crippen LogP contribution in [0, 0.1) is 6.92 Å². The largest absolute Gasteiger partial charge is 0.497 e. The summed E-state index contributed by atoms with van der Waals surface area (Å²) in [6, 6.07) is 13.7. The highest BCUT2D eigenvalue weighted by Gasteiger charge is 2.13. The monoisotopic (exact) mass is 395 g/mol. The van der Waals surface area contributed by atoms with Crippen molar-refractivity contribution in [3.05, 3.63) is 82.6 Å². The molecule has 0 spiro atoms. The van der Waals surface area contributed by atoms with Crippen molar-refractivity contribution in [2.24, 2.45) is 0 Å². The van der Waals surface area contributed by atoms with E-state index < -0.39 is 0 Å². The lowest BCUT2D eigenvalue weighted by Crippen LogP contribution is -2.16. The molecular weight excluding hydrogens is 378 g/mol. The summed E-state index contributed by atoms with van der Waals surface area (Å²) >= 11 is 6.08. The van der Waals surface area contributed by atoms with Gasteiger partial charge < -0.3 is 15.4 Å². The van der Waals surface area contributed by atoms with Crippen molar-refractivity contribution in [2.75, 3.05) is 17.7 Å². The zero-order valence-corrected chi connectivity index (χ0v) is 16.1. The number of aromatic nitrogens is 1. The Bertz CT molecular complexity index is 1020. The Balaban J connectivity index is 1.74. The molecule has 142 valence electrons. The van der Waals surface area contributed by atoms with Crippen molar-refractivity contribution in [1.82, 2.24) is 4.98 Å². The second-order valence-corrected chi connectivity index (χ2v) is 6.42. The molecule has 6 nitrogen and oxygen atoms in total. The number of pyridine rings is 1. The quantitative estimate of drug-likeness (QED) is 0.663. The highest BCUT2D eigenvalue weighted by Crippen LogP contribution is 2.23. The molecule has 0 radical (unpaired) electrons. The summed E-state index contributed by atoms with van der Waals surface area (Å²) in [5, 5.41) is 6.10. The number of anilines is 2. The number of hydrogen-bond donors (Lipinski definition) is 2. The standard InChI is InChI=1S/C21H18ClN3O3/c1-13-18(22)4-3-5-19(13)25-21(27)15-10-14(11-23-12-15)20(26)24-16-6-8-17(28-2)9-7-16/h3-12H,1-2H3,(H,24,26)(H,25,27). The fourth-order valence-corrected chi connectivity index (χ4v) is 2.68. The number of carbonyl (C=O) groups excluding carboxylic acids is 2. The summed E-state index contributed by atoms with van der Waals surface area (Å²) in [6.07, 6.45) is 2.81. The van der Waals surface area contributed by atoms with E-state index in [1.807, 2.05) is 6.92 Å². The SMILES string of the molecule is COc1ccc(NC(=O)c2cncc(C(=O)Nc3cccc(Cl)c3C)c2)cc1. The van der Waals surface area contributed by atoms with Crippen molar-refractivity contribution in [3.8, 4) is 5.75 Å². The first-order chi connectivity index (χ1) is 13.5. The Labute approximate surface area is 167 Å². The maximum absolute atomic E-state index is 12.5. The van der Waals surface area contributed by atoms with Gasteiger partial charge in [-0.05, 0) is 55.0 Å². The minimum Gasteiger partial charge on any atom is -0.497 e. The van der Waals surface area contributed by atoms with E-state index in [1.54, 1.807) is 49.6 Å². The molecule has 28 heavy (non-hydrogen) atoms. The molecule has 2 N–H and O–H groups in total. The zero-order valence-electron chi connectivity index (χ0n) is 15.3. The second-order valence-electron chi connectivity index (χ2n) is 6.01. The van der Waals surface area contributed by atoms with Gasteiger partial charge in [0.1, 0.15) is 5.75 Å². The first-order valence-corrected chi connectivity index (χ1v) is 8.82. The summed E-state index contributed by atoms with van der Waals surface area (Å²) in [7, 11) is 1.57. The van der Waals surface area contributed by atoms with Crippen molar-refractivity contribution in [1.29, 1.82) is 0 Å². The van der Waals surface area contributed by atoms with Gasteiger partial charge in [-0.15, -0.1) is 0 Å². The topological polar surface area (TPSA) is 80.3 Å². The smallest absolute Gasteiger partial charge is 0.257 e. The number of rotatable bonds is 5. The molecule has 0 saturated heterocycles. The number of benzene rings is 2. The van der Waals surface area contributed by atoms with E-state index in [0.29, 0.717) is 22.1 Å². The first-order valence-electron chi connectivity index (χ1n) is 8.45. The number of methoxy groups -OCH3 is 1. The van der Waals surface area contributed by atoms with Crippen molar-refractivity contribution in [3.63, 3.8) is 0 Å². The van der Waals surface area contributed by atoms with Gasteiger partial charge in [0, 0.05) is 28.8 Å². The van der Waals surface area contributed by atoms with Crippen LogP contribution >= 0.6 is 11.6 Å². The van der Waals surface area contributed by atoms with E-state index in [1.165, 1.54) is 18.5 Å². The molecule has 0 unspecified atom stereocenters. The third-order valence-corrected chi connectivity index (χ3v) is 4.54. The van der Waals surface area contributed by atoms with E-state index in [-0.39, 0.29) is 22.9 Å². The molecule has 0 bridgehead atoms. The average Bonchev–Trinajstić information content (AvgIpc) is 2.72. The van der Waals surface area contributed by atoms with Crippen LogP contribution in [-0.4, -0.2) is 23.9 Å². The Morgan fingerprint density at radius 3 is 2.25 bits per heavy atom. The van der Waals surface area contributed by atoms with E-state index in [9.17, 15) is 9.59 Å². The first kappa shape index (κ1) is 19.4. The summed E-state index contributed by atoms with van der Waals surface area (Å²) in [4.78, 5) is 29.0. The molecule has 2 aromatic carbocycles. The van der Waals surface area contributed by atoms with Crippen LogP contribution in [0.5, 0.6) is 5.75 Å². The number of nitrogens with one attached hydrogen (secondary N) is 2. The third-order valence-electron chi connectivity index (χ3n) is 4.13. The summed E-state index contributed by atoms with van der Waals surface area (Å²) < 4.78 is 5.09. The van der Waals surface area contributed by atoms with Crippen LogP contribution in [0.4, 0.5) is 11.4 Å². The van der Waals surface area contributed by atoms with Crippen LogP contribution < -0.4 is 15.4 Å². The number of nitrogens with zero attached hydrogens (tertiary/aromatic N) is 1. The van der Waals surface area contributed by atoms with E-state index in [4.69, 9.17) is 16.3 Å². The highest BCUT2D eigenvalue weighted by atomic mass is 35.5. The average molecular weight is 396 g/mol. The molecule has 0 aliphatic carbocycles. The van der Waals surface area contributed by atoms with Crippen LogP contribution in [0.2, 0.25) is 5.02 Å². The predicted octanol–water partition coefficient (Wildman–Crippen LogP) is 4.56. The molecule has 0 aliphatic rings. The van der Waals surface area contributed by atoms with Gasteiger partial charge in [-0.3, -0.25) is 14.6 Å². The van der Waals surface area contributed by atoms with Crippen LogP contribution in [0.1, 0.15) is 26.3 Å². The van der Waals surface area contributed by atoms with E-state index in [0.717, 1.165) is 5.56 Å². The molecule has 0 fully saturated rings. The summed E-state index contributed by atoms with van der Waals surface area (Å²) in [5.74, 6) is -0.0575.